The summed E-state index contributed by atoms with van der Waals surface area (Å²) in [6, 6.07) is 0. The summed E-state index contributed by atoms with van der Waals surface area (Å²) in [7, 11) is 1.75. The lowest BCUT2D eigenvalue weighted by molar-refractivity contribution is 0.0381. The molecule has 8 heteroatoms. The van der Waals surface area contributed by atoms with Gasteiger partial charge in [-0.05, 0) is 0 Å². The van der Waals surface area contributed by atoms with Crippen LogP contribution in [-0.4, -0.2) is 57.7 Å². The maximum atomic E-state index is 10.2. The van der Waals surface area contributed by atoms with Crippen molar-refractivity contribution in [3.05, 3.63) is 6.20 Å². The third kappa shape index (κ3) is 2.32. The molecule has 1 saturated heterocycles. The molecule has 1 fully saturated rings. The molecule has 1 aliphatic rings. The lowest BCUT2D eigenvalue weighted by atomic mass is 10.0. The van der Waals surface area contributed by atoms with Crippen molar-refractivity contribution < 1.29 is 9.84 Å². The summed E-state index contributed by atoms with van der Waals surface area (Å²) in [5.41, 5.74) is -0.183. The van der Waals surface area contributed by atoms with E-state index in [-0.39, 0.29) is 0 Å². The number of aromatic amines is 1. The molecule has 2 aromatic rings. The van der Waals surface area contributed by atoms with Crippen LogP contribution in [0.25, 0.3) is 11.0 Å². The van der Waals surface area contributed by atoms with Crippen molar-refractivity contribution in [1.29, 1.82) is 0 Å². The number of aromatic nitrogens is 4. The third-order valence-corrected chi connectivity index (χ3v) is 3.20. The molecular formula is C11H16N6O2. The van der Waals surface area contributed by atoms with Gasteiger partial charge in [0.15, 0.2) is 5.65 Å². The Morgan fingerprint density at radius 3 is 3.16 bits per heavy atom. The molecule has 0 bridgehead atoms. The number of fused-ring (bicyclic) bond motifs is 1. The molecule has 3 rings (SSSR count). The van der Waals surface area contributed by atoms with Gasteiger partial charge in [-0.3, -0.25) is 5.10 Å². The van der Waals surface area contributed by atoms with Crippen LogP contribution in [0.15, 0.2) is 6.20 Å². The first kappa shape index (κ1) is 12.1. The summed E-state index contributed by atoms with van der Waals surface area (Å²) in [6.45, 7) is 1.32. The fraction of sp³-hybridized carbons (Fsp3) is 0.545. The highest BCUT2D eigenvalue weighted by Crippen LogP contribution is 2.23. The second-order valence-electron chi connectivity index (χ2n) is 4.66. The maximum Gasteiger partial charge on any atom is 0.226 e. The molecule has 0 aromatic carbocycles. The number of hydrogen-bond donors (Lipinski definition) is 4. The number of anilines is 2. The summed E-state index contributed by atoms with van der Waals surface area (Å²) in [5, 5.41) is 23.8. The van der Waals surface area contributed by atoms with Gasteiger partial charge in [-0.1, -0.05) is 0 Å². The summed E-state index contributed by atoms with van der Waals surface area (Å²) < 4.78 is 5.21. The lowest BCUT2D eigenvalue weighted by Crippen LogP contribution is -2.37. The first-order valence-electron chi connectivity index (χ1n) is 6.13. The van der Waals surface area contributed by atoms with E-state index in [1.54, 1.807) is 13.2 Å². The van der Waals surface area contributed by atoms with Crippen molar-refractivity contribution in [3.63, 3.8) is 0 Å². The Bertz CT molecular complexity index is 578. The van der Waals surface area contributed by atoms with Crippen LogP contribution in [-0.2, 0) is 4.74 Å². The van der Waals surface area contributed by atoms with Crippen molar-refractivity contribution in [2.75, 3.05) is 37.4 Å². The van der Waals surface area contributed by atoms with Crippen LogP contribution in [0.1, 0.15) is 6.42 Å². The minimum Gasteiger partial charge on any atom is -0.386 e. The van der Waals surface area contributed by atoms with Crippen LogP contribution in [0.4, 0.5) is 11.8 Å². The molecule has 0 aliphatic carbocycles. The Kier molecular flexibility index (Phi) is 2.96. The number of ether oxygens (including phenoxy) is 1. The average Bonchev–Trinajstić information content (AvgIpc) is 3.04. The van der Waals surface area contributed by atoms with Gasteiger partial charge in [0.1, 0.15) is 11.4 Å². The van der Waals surface area contributed by atoms with Gasteiger partial charge in [-0.2, -0.15) is 15.1 Å². The molecule has 2 aromatic heterocycles. The highest BCUT2D eigenvalue weighted by molar-refractivity contribution is 5.86. The summed E-state index contributed by atoms with van der Waals surface area (Å²) in [5.74, 6) is 1.14. The number of nitrogens with one attached hydrogen (secondary N) is 3. The van der Waals surface area contributed by atoms with E-state index in [9.17, 15) is 5.11 Å². The van der Waals surface area contributed by atoms with Gasteiger partial charge in [0.05, 0.1) is 18.2 Å². The Morgan fingerprint density at radius 1 is 1.53 bits per heavy atom. The van der Waals surface area contributed by atoms with Gasteiger partial charge in [-0.15, -0.1) is 0 Å². The summed E-state index contributed by atoms with van der Waals surface area (Å²) >= 11 is 0. The Morgan fingerprint density at radius 2 is 2.42 bits per heavy atom. The molecule has 4 N–H and O–H groups in total. The zero-order valence-corrected chi connectivity index (χ0v) is 10.6. The van der Waals surface area contributed by atoms with Crippen molar-refractivity contribution in [3.8, 4) is 0 Å². The van der Waals surface area contributed by atoms with Gasteiger partial charge in [0.2, 0.25) is 5.95 Å². The van der Waals surface area contributed by atoms with Crippen LogP contribution >= 0.6 is 0 Å². The Labute approximate surface area is 109 Å². The van der Waals surface area contributed by atoms with Gasteiger partial charge >= 0.3 is 0 Å². The fourth-order valence-electron chi connectivity index (χ4n) is 2.07. The minimum atomic E-state index is -0.833. The van der Waals surface area contributed by atoms with Crippen LogP contribution in [0.5, 0.6) is 0 Å². The SMILES string of the molecule is CNc1nc(NCC2(O)CCOC2)c2cn[nH]c2n1. The number of hydrogen-bond acceptors (Lipinski definition) is 7. The van der Waals surface area contributed by atoms with Crippen LogP contribution in [0, 0.1) is 0 Å². The van der Waals surface area contributed by atoms with E-state index in [0.29, 0.717) is 43.6 Å². The maximum absolute atomic E-state index is 10.2. The normalized spacial score (nSPS) is 22.8. The van der Waals surface area contributed by atoms with Crippen LogP contribution in [0.3, 0.4) is 0 Å². The highest BCUT2D eigenvalue weighted by atomic mass is 16.5. The second kappa shape index (κ2) is 4.63. The van der Waals surface area contributed by atoms with Gasteiger partial charge in [-0.25, -0.2) is 0 Å². The summed E-state index contributed by atoms with van der Waals surface area (Å²) in [6.07, 6.45) is 2.28. The second-order valence-corrected chi connectivity index (χ2v) is 4.66. The number of nitrogens with zero attached hydrogens (tertiary/aromatic N) is 3. The predicted octanol–water partition coefficient (Wildman–Crippen LogP) is -0.0421. The smallest absolute Gasteiger partial charge is 0.226 e. The standard InChI is InChI=1S/C11H16N6O2/c1-12-10-15-8(7-4-14-17-9(7)16-10)13-5-11(18)2-3-19-6-11/h4,18H,2-3,5-6H2,1H3,(H3,12,13,14,15,16,17). The summed E-state index contributed by atoms with van der Waals surface area (Å²) in [4.78, 5) is 8.58. The Balaban J connectivity index is 1.85. The number of rotatable bonds is 4. The molecule has 8 nitrogen and oxygen atoms in total. The molecule has 1 aliphatic heterocycles. The molecule has 1 atom stereocenters. The molecule has 3 heterocycles. The number of H-pyrrole nitrogens is 1. The highest BCUT2D eigenvalue weighted by Gasteiger charge is 2.32. The van der Waals surface area contributed by atoms with E-state index < -0.39 is 5.60 Å². The van der Waals surface area contributed by atoms with Gasteiger partial charge < -0.3 is 20.5 Å². The van der Waals surface area contributed by atoms with Crippen molar-refractivity contribution in [2.45, 2.75) is 12.0 Å². The van der Waals surface area contributed by atoms with E-state index in [2.05, 4.69) is 30.8 Å². The molecule has 0 radical (unpaired) electrons. The fourth-order valence-corrected chi connectivity index (χ4v) is 2.07. The minimum absolute atomic E-state index is 0.346. The quantitative estimate of drug-likeness (QED) is 0.613. The lowest BCUT2D eigenvalue weighted by Gasteiger charge is -2.21. The molecule has 0 saturated carbocycles. The van der Waals surface area contributed by atoms with Gasteiger partial charge in [0.25, 0.3) is 0 Å². The predicted molar refractivity (Wildman–Crippen MR) is 70.1 cm³/mol. The van der Waals surface area contributed by atoms with Crippen molar-refractivity contribution >= 4 is 22.8 Å². The van der Waals surface area contributed by atoms with E-state index in [1.165, 1.54) is 0 Å². The molecule has 1 unspecified atom stereocenters. The molecular weight excluding hydrogens is 248 g/mol. The zero-order chi connectivity index (χ0) is 13.3. The Hall–Kier alpha value is -1.93. The van der Waals surface area contributed by atoms with E-state index in [1.807, 2.05) is 0 Å². The monoisotopic (exact) mass is 264 g/mol. The van der Waals surface area contributed by atoms with E-state index >= 15 is 0 Å². The van der Waals surface area contributed by atoms with E-state index in [0.717, 1.165) is 5.39 Å². The molecule has 0 spiro atoms. The van der Waals surface area contributed by atoms with Crippen LogP contribution in [0.2, 0.25) is 0 Å². The molecule has 0 amide bonds. The first-order valence-corrected chi connectivity index (χ1v) is 6.13. The molecule has 19 heavy (non-hydrogen) atoms. The third-order valence-electron chi connectivity index (χ3n) is 3.20. The van der Waals surface area contributed by atoms with E-state index in [4.69, 9.17) is 4.74 Å². The van der Waals surface area contributed by atoms with Crippen molar-refractivity contribution in [2.24, 2.45) is 0 Å². The van der Waals surface area contributed by atoms with Crippen molar-refractivity contribution in [1.82, 2.24) is 20.2 Å². The molecule has 102 valence electrons. The zero-order valence-electron chi connectivity index (χ0n) is 10.6. The first-order chi connectivity index (χ1) is 9.20. The number of aliphatic hydroxyl groups is 1. The topological polar surface area (TPSA) is 108 Å². The van der Waals surface area contributed by atoms with Gasteiger partial charge in [0, 0.05) is 26.6 Å². The van der Waals surface area contributed by atoms with Crippen LogP contribution < -0.4 is 10.6 Å². The largest absolute Gasteiger partial charge is 0.386 e. The average molecular weight is 264 g/mol.